The number of hydrogen-bond acceptors (Lipinski definition) is 4. The summed E-state index contributed by atoms with van der Waals surface area (Å²) in [5.41, 5.74) is 5.80. The predicted octanol–water partition coefficient (Wildman–Crippen LogP) is 0.427. The first-order valence-electron chi connectivity index (χ1n) is 4.47. The molecule has 1 aliphatic carbocycles. The van der Waals surface area contributed by atoms with Crippen LogP contribution in [0.1, 0.15) is 24.4 Å². The van der Waals surface area contributed by atoms with Gasteiger partial charge in [0.1, 0.15) is 12.3 Å². The Kier molecular flexibility index (Phi) is 1.85. The summed E-state index contributed by atoms with van der Waals surface area (Å²) in [5.74, 6) is -0.539. The lowest BCUT2D eigenvalue weighted by Crippen LogP contribution is -2.42. The van der Waals surface area contributed by atoms with Crippen LogP contribution in [-0.4, -0.2) is 22.1 Å². The molecule has 1 fully saturated rings. The third kappa shape index (κ3) is 1.21. The number of oxazole rings is 1. The molecule has 5 nitrogen and oxygen atoms in total. The summed E-state index contributed by atoms with van der Waals surface area (Å²) >= 11 is 0. The quantitative estimate of drug-likeness (QED) is 0.731. The number of aliphatic carboxylic acids is 1. The van der Waals surface area contributed by atoms with Crippen LogP contribution in [0.15, 0.2) is 10.7 Å². The van der Waals surface area contributed by atoms with Gasteiger partial charge in [-0.1, -0.05) is 0 Å². The Hall–Kier alpha value is -1.36. The van der Waals surface area contributed by atoms with Crippen LogP contribution in [0.25, 0.3) is 0 Å². The lowest BCUT2D eigenvalue weighted by Gasteiger charge is -2.15. The number of hydrogen-bond donors (Lipinski definition) is 2. The molecule has 76 valence electrons. The van der Waals surface area contributed by atoms with Crippen LogP contribution in [0, 0.1) is 6.92 Å². The third-order valence-electron chi connectivity index (χ3n) is 2.69. The summed E-state index contributed by atoms with van der Waals surface area (Å²) in [6.45, 7) is 1.80. The highest BCUT2D eigenvalue weighted by Gasteiger charge is 2.56. The number of aromatic nitrogens is 1. The first-order valence-corrected chi connectivity index (χ1v) is 4.47. The average molecular weight is 196 g/mol. The van der Waals surface area contributed by atoms with Gasteiger partial charge in [-0.25, -0.2) is 4.98 Å². The smallest absolute Gasteiger partial charge is 0.321 e. The number of carboxylic acids is 1. The molecule has 1 heterocycles. The zero-order valence-electron chi connectivity index (χ0n) is 7.86. The van der Waals surface area contributed by atoms with E-state index in [2.05, 4.69) is 4.98 Å². The van der Waals surface area contributed by atoms with Gasteiger partial charge in [0.2, 0.25) is 5.89 Å². The molecule has 0 spiro atoms. The van der Waals surface area contributed by atoms with Crippen LogP contribution in [0.3, 0.4) is 0 Å². The van der Waals surface area contributed by atoms with Gasteiger partial charge in [-0.3, -0.25) is 4.79 Å². The minimum Gasteiger partial charge on any atom is -0.480 e. The molecule has 1 saturated carbocycles. The van der Waals surface area contributed by atoms with Crippen molar-refractivity contribution in [2.75, 3.05) is 0 Å². The normalized spacial score (nSPS) is 20.4. The average Bonchev–Trinajstić information content (AvgIpc) is 2.83. The number of carbonyl (C=O) groups is 1. The molecule has 1 unspecified atom stereocenters. The van der Waals surface area contributed by atoms with E-state index in [0.717, 1.165) is 18.5 Å². The summed E-state index contributed by atoms with van der Waals surface area (Å²) in [6, 6.07) is -0.916. The van der Waals surface area contributed by atoms with Gasteiger partial charge < -0.3 is 15.3 Å². The molecule has 3 N–H and O–H groups in total. The summed E-state index contributed by atoms with van der Waals surface area (Å²) in [6.07, 6.45) is 2.99. The minimum absolute atomic E-state index is 0.463. The van der Waals surface area contributed by atoms with Gasteiger partial charge in [-0.2, -0.15) is 0 Å². The van der Waals surface area contributed by atoms with Crippen molar-refractivity contribution in [1.29, 1.82) is 0 Å². The molecule has 0 aromatic carbocycles. The molecule has 2 rings (SSSR count). The molecular weight excluding hydrogens is 184 g/mol. The molecule has 0 radical (unpaired) electrons. The Morgan fingerprint density at radius 1 is 1.79 bits per heavy atom. The summed E-state index contributed by atoms with van der Waals surface area (Å²) < 4.78 is 5.21. The Bertz CT molecular complexity index is 368. The van der Waals surface area contributed by atoms with E-state index in [-0.39, 0.29) is 0 Å². The number of aryl methyl sites for hydroxylation is 1. The highest BCUT2D eigenvalue weighted by molar-refractivity contribution is 5.76. The highest BCUT2D eigenvalue weighted by atomic mass is 16.4. The molecule has 0 bridgehead atoms. The second-order valence-corrected chi connectivity index (χ2v) is 3.77. The maximum Gasteiger partial charge on any atom is 0.321 e. The Balaban J connectivity index is 2.29. The minimum atomic E-state index is -1.00. The molecule has 1 aliphatic rings. The molecule has 1 atom stereocenters. The van der Waals surface area contributed by atoms with Crippen molar-refractivity contribution in [3.8, 4) is 0 Å². The molecule has 0 amide bonds. The number of nitrogens with zero attached hydrogens (tertiary/aromatic N) is 1. The molecule has 14 heavy (non-hydrogen) atoms. The largest absolute Gasteiger partial charge is 0.480 e. The van der Waals surface area contributed by atoms with Gasteiger partial charge in [-0.15, -0.1) is 0 Å². The van der Waals surface area contributed by atoms with E-state index in [4.69, 9.17) is 15.3 Å². The molecule has 1 aromatic heterocycles. The van der Waals surface area contributed by atoms with Crippen LogP contribution >= 0.6 is 0 Å². The van der Waals surface area contributed by atoms with Crippen molar-refractivity contribution < 1.29 is 14.3 Å². The van der Waals surface area contributed by atoms with Crippen molar-refractivity contribution in [2.45, 2.75) is 31.2 Å². The van der Waals surface area contributed by atoms with Gasteiger partial charge >= 0.3 is 5.97 Å². The standard InChI is InChI=1S/C9H12N2O3/c1-5-4-14-8(11-5)9(2-3-9)6(10)7(12)13/h4,6H,2-3,10H2,1H3,(H,12,13). The van der Waals surface area contributed by atoms with Crippen LogP contribution in [-0.2, 0) is 10.2 Å². The van der Waals surface area contributed by atoms with Crippen LogP contribution in [0.2, 0.25) is 0 Å². The lowest BCUT2D eigenvalue weighted by molar-refractivity contribution is -0.139. The van der Waals surface area contributed by atoms with Crippen molar-refractivity contribution in [3.63, 3.8) is 0 Å². The van der Waals surface area contributed by atoms with Gasteiger partial charge in [0.15, 0.2) is 0 Å². The Labute approximate surface area is 80.9 Å². The summed E-state index contributed by atoms with van der Waals surface area (Å²) in [7, 11) is 0. The van der Waals surface area contributed by atoms with E-state index in [1.807, 2.05) is 0 Å². The second kappa shape index (κ2) is 2.81. The second-order valence-electron chi connectivity index (χ2n) is 3.77. The van der Waals surface area contributed by atoms with E-state index in [1.165, 1.54) is 6.26 Å². The maximum atomic E-state index is 10.8. The van der Waals surface area contributed by atoms with Crippen LogP contribution in [0.5, 0.6) is 0 Å². The fraction of sp³-hybridized carbons (Fsp3) is 0.556. The topological polar surface area (TPSA) is 89.3 Å². The van der Waals surface area contributed by atoms with E-state index in [9.17, 15) is 4.79 Å². The Morgan fingerprint density at radius 2 is 2.43 bits per heavy atom. The molecule has 0 aliphatic heterocycles. The van der Waals surface area contributed by atoms with Crippen molar-refractivity contribution in [2.24, 2.45) is 5.73 Å². The van der Waals surface area contributed by atoms with Gasteiger partial charge in [-0.05, 0) is 19.8 Å². The number of nitrogens with two attached hydrogens (primary N) is 1. The fourth-order valence-electron chi connectivity index (χ4n) is 1.61. The predicted molar refractivity (Wildman–Crippen MR) is 47.8 cm³/mol. The van der Waals surface area contributed by atoms with Crippen molar-refractivity contribution in [3.05, 3.63) is 17.8 Å². The fourth-order valence-corrected chi connectivity index (χ4v) is 1.61. The number of carboxylic acid groups (broad SMARTS) is 1. The Morgan fingerprint density at radius 3 is 2.79 bits per heavy atom. The van der Waals surface area contributed by atoms with E-state index >= 15 is 0 Å². The number of rotatable bonds is 3. The summed E-state index contributed by atoms with van der Waals surface area (Å²) in [4.78, 5) is 14.9. The van der Waals surface area contributed by atoms with Crippen LogP contribution < -0.4 is 5.73 Å². The first-order chi connectivity index (χ1) is 6.56. The lowest BCUT2D eigenvalue weighted by atomic mass is 9.97. The van der Waals surface area contributed by atoms with Crippen molar-refractivity contribution >= 4 is 5.97 Å². The van der Waals surface area contributed by atoms with Crippen LogP contribution in [0.4, 0.5) is 0 Å². The first kappa shape index (κ1) is 9.21. The van der Waals surface area contributed by atoms with E-state index < -0.39 is 17.4 Å². The maximum absolute atomic E-state index is 10.8. The molecule has 0 saturated heterocycles. The van der Waals surface area contributed by atoms with Crippen molar-refractivity contribution in [1.82, 2.24) is 4.98 Å². The highest BCUT2D eigenvalue weighted by Crippen LogP contribution is 2.49. The zero-order valence-corrected chi connectivity index (χ0v) is 7.86. The third-order valence-corrected chi connectivity index (χ3v) is 2.69. The molecule has 5 heteroatoms. The summed E-state index contributed by atoms with van der Waals surface area (Å²) in [5, 5.41) is 8.83. The van der Waals surface area contributed by atoms with Gasteiger partial charge in [0.25, 0.3) is 0 Å². The van der Waals surface area contributed by atoms with Gasteiger partial charge in [0.05, 0.1) is 11.1 Å². The molecule has 1 aromatic rings. The zero-order chi connectivity index (χ0) is 10.3. The molecular formula is C9H12N2O3. The monoisotopic (exact) mass is 196 g/mol. The van der Waals surface area contributed by atoms with E-state index in [1.54, 1.807) is 6.92 Å². The van der Waals surface area contributed by atoms with Gasteiger partial charge in [0, 0.05) is 0 Å². The van der Waals surface area contributed by atoms with E-state index in [0.29, 0.717) is 5.89 Å². The SMILES string of the molecule is Cc1coc(C2(C(N)C(=O)O)CC2)n1.